The second-order valence-electron chi connectivity index (χ2n) is 4.82. The van der Waals surface area contributed by atoms with E-state index in [9.17, 15) is 22.4 Å². The molecule has 0 saturated carbocycles. The molecule has 8 heteroatoms. The van der Waals surface area contributed by atoms with Gasteiger partial charge in [0.1, 0.15) is 5.82 Å². The second kappa shape index (κ2) is 7.90. The number of carbonyl (C=O) groups is 1. The van der Waals surface area contributed by atoms with Gasteiger partial charge in [0.05, 0.1) is 17.0 Å². The molecule has 2 rings (SSSR count). The number of hydrogen-bond donors (Lipinski definition) is 1. The van der Waals surface area contributed by atoms with Crippen LogP contribution in [0.25, 0.3) is 0 Å². The number of alkyl halides is 3. The maximum Gasteiger partial charge on any atom is 0.418 e. The first-order valence-corrected chi connectivity index (χ1v) is 8.28. The molecule has 0 heterocycles. The summed E-state index contributed by atoms with van der Waals surface area (Å²) in [4.78, 5) is 11.8. The van der Waals surface area contributed by atoms with Gasteiger partial charge in [-0.25, -0.2) is 4.39 Å². The van der Waals surface area contributed by atoms with Crippen molar-refractivity contribution in [3.05, 3.63) is 64.4 Å². The van der Waals surface area contributed by atoms with Crippen LogP contribution in [0, 0.1) is 5.82 Å². The Hall–Kier alpha value is -1.73. The number of anilines is 1. The number of amides is 1. The van der Waals surface area contributed by atoms with Gasteiger partial charge >= 0.3 is 6.18 Å². The summed E-state index contributed by atoms with van der Waals surface area (Å²) in [6.07, 6.45) is -4.54. The van der Waals surface area contributed by atoms with Crippen molar-refractivity contribution in [3.8, 4) is 0 Å². The van der Waals surface area contributed by atoms with Gasteiger partial charge in [-0.1, -0.05) is 29.8 Å². The van der Waals surface area contributed by atoms with Crippen molar-refractivity contribution in [2.24, 2.45) is 0 Å². The molecule has 0 bridgehead atoms. The fourth-order valence-electron chi connectivity index (χ4n) is 1.92. The molecule has 2 nitrogen and oxygen atoms in total. The van der Waals surface area contributed by atoms with E-state index in [1.807, 2.05) is 0 Å². The molecule has 0 aliphatic carbocycles. The minimum atomic E-state index is -4.54. The number of para-hydroxylation sites is 1. The van der Waals surface area contributed by atoms with E-state index in [2.05, 4.69) is 5.32 Å². The Bertz CT molecular complexity index is 736. The maximum atomic E-state index is 12.9. The van der Waals surface area contributed by atoms with Crippen LogP contribution in [-0.4, -0.2) is 11.7 Å². The predicted molar refractivity (Wildman–Crippen MR) is 87.6 cm³/mol. The Balaban J connectivity index is 1.93. The molecule has 0 aliphatic rings. The highest BCUT2D eigenvalue weighted by atomic mass is 35.5. The SMILES string of the molecule is O=C(CSCc1ccc(F)cc1Cl)Nc1ccccc1C(F)(F)F. The van der Waals surface area contributed by atoms with E-state index in [1.54, 1.807) is 0 Å². The zero-order chi connectivity index (χ0) is 17.7. The zero-order valence-corrected chi connectivity index (χ0v) is 13.7. The van der Waals surface area contributed by atoms with E-state index in [4.69, 9.17) is 11.6 Å². The monoisotopic (exact) mass is 377 g/mol. The molecular formula is C16H12ClF4NOS. The largest absolute Gasteiger partial charge is 0.418 e. The van der Waals surface area contributed by atoms with Gasteiger partial charge in [-0.05, 0) is 29.8 Å². The van der Waals surface area contributed by atoms with Gasteiger partial charge in [-0.15, -0.1) is 11.8 Å². The Kier molecular flexibility index (Phi) is 6.12. The Morgan fingerprint density at radius 3 is 2.54 bits per heavy atom. The van der Waals surface area contributed by atoms with Crippen molar-refractivity contribution in [2.75, 3.05) is 11.1 Å². The number of thioether (sulfide) groups is 1. The van der Waals surface area contributed by atoms with Gasteiger partial charge in [-0.3, -0.25) is 4.79 Å². The van der Waals surface area contributed by atoms with Crippen LogP contribution in [0.3, 0.4) is 0 Å². The molecule has 0 atom stereocenters. The molecule has 1 amide bonds. The van der Waals surface area contributed by atoms with Crippen LogP contribution in [0.15, 0.2) is 42.5 Å². The molecular weight excluding hydrogens is 366 g/mol. The van der Waals surface area contributed by atoms with Crippen molar-refractivity contribution < 1.29 is 22.4 Å². The Morgan fingerprint density at radius 2 is 1.88 bits per heavy atom. The molecule has 24 heavy (non-hydrogen) atoms. The van der Waals surface area contributed by atoms with Gasteiger partial charge in [-0.2, -0.15) is 13.2 Å². The minimum Gasteiger partial charge on any atom is -0.325 e. The lowest BCUT2D eigenvalue weighted by molar-refractivity contribution is -0.137. The third-order valence-corrected chi connectivity index (χ3v) is 4.35. The van der Waals surface area contributed by atoms with Crippen LogP contribution >= 0.6 is 23.4 Å². The Morgan fingerprint density at radius 1 is 1.17 bits per heavy atom. The summed E-state index contributed by atoms with van der Waals surface area (Å²) in [5, 5.41) is 2.50. The molecule has 1 N–H and O–H groups in total. The summed E-state index contributed by atoms with van der Waals surface area (Å²) in [6.45, 7) is 0. The highest BCUT2D eigenvalue weighted by Crippen LogP contribution is 2.34. The summed E-state index contributed by atoms with van der Waals surface area (Å²) < 4.78 is 51.5. The van der Waals surface area contributed by atoms with Gasteiger partial charge in [0.25, 0.3) is 0 Å². The van der Waals surface area contributed by atoms with Crippen LogP contribution in [0.2, 0.25) is 5.02 Å². The van der Waals surface area contributed by atoms with Crippen molar-refractivity contribution in [1.29, 1.82) is 0 Å². The highest BCUT2D eigenvalue weighted by molar-refractivity contribution is 7.99. The van der Waals surface area contributed by atoms with Crippen molar-refractivity contribution in [2.45, 2.75) is 11.9 Å². The van der Waals surface area contributed by atoms with Gasteiger partial charge in [0.2, 0.25) is 5.91 Å². The standard InChI is InChI=1S/C16H12ClF4NOS/c17-13-7-11(18)6-5-10(13)8-24-9-15(23)22-14-4-2-1-3-12(14)16(19,20)21/h1-7H,8-9H2,(H,22,23). The molecule has 0 aliphatic heterocycles. The van der Waals surface area contributed by atoms with Crippen molar-refractivity contribution in [3.63, 3.8) is 0 Å². The van der Waals surface area contributed by atoms with Gasteiger partial charge < -0.3 is 5.32 Å². The normalized spacial score (nSPS) is 11.4. The predicted octanol–water partition coefficient (Wildman–Crippen LogP) is 5.37. The van der Waals surface area contributed by atoms with Crippen LogP contribution in [0.1, 0.15) is 11.1 Å². The second-order valence-corrected chi connectivity index (χ2v) is 6.21. The molecule has 0 radical (unpaired) electrons. The summed E-state index contributed by atoms with van der Waals surface area (Å²) >= 11 is 7.03. The number of hydrogen-bond acceptors (Lipinski definition) is 2. The zero-order valence-electron chi connectivity index (χ0n) is 12.2. The number of rotatable bonds is 5. The van der Waals surface area contributed by atoms with E-state index in [-0.39, 0.29) is 16.5 Å². The average Bonchev–Trinajstić information content (AvgIpc) is 2.49. The van der Waals surface area contributed by atoms with E-state index in [1.165, 1.54) is 42.1 Å². The van der Waals surface area contributed by atoms with E-state index in [0.29, 0.717) is 11.3 Å². The van der Waals surface area contributed by atoms with Crippen LogP contribution < -0.4 is 5.32 Å². The first kappa shape index (κ1) is 18.6. The minimum absolute atomic E-state index is 0.0557. The average molecular weight is 378 g/mol. The molecule has 0 unspecified atom stereocenters. The highest BCUT2D eigenvalue weighted by Gasteiger charge is 2.33. The van der Waals surface area contributed by atoms with E-state index < -0.39 is 23.5 Å². The van der Waals surface area contributed by atoms with Crippen LogP contribution in [-0.2, 0) is 16.7 Å². The molecule has 2 aromatic rings. The maximum absolute atomic E-state index is 12.9. The van der Waals surface area contributed by atoms with Gasteiger partial charge in [0, 0.05) is 10.8 Å². The summed E-state index contributed by atoms with van der Waals surface area (Å²) in [5.74, 6) is -0.738. The smallest absolute Gasteiger partial charge is 0.325 e. The number of nitrogens with one attached hydrogen (secondary N) is 1. The molecule has 128 valence electrons. The number of carbonyl (C=O) groups excluding carboxylic acids is 1. The topological polar surface area (TPSA) is 29.1 Å². The van der Waals surface area contributed by atoms with Crippen molar-refractivity contribution in [1.82, 2.24) is 0 Å². The van der Waals surface area contributed by atoms with Crippen LogP contribution in [0.5, 0.6) is 0 Å². The third kappa shape index (κ3) is 5.14. The fraction of sp³-hybridized carbons (Fsp3) is 0.188. The molecule has 0 aromatic heterocycles. The first-order chi connectivity index (χ1) is 11.3. The van der Waals surface area contributed by atoms with Crippen molar-refractivity contribution >= 4 is 35.0 Å². The quantitative estimate of drug-likeness (QED) is 0.710. The first-order valence-electron chi connectivity index (χ1n) is 6.75. The summed E-state index contributed by atoms with van der Waals surface area (Å²) in [6, 6.07) is 8.68. The molecule has 0 saturated heterocycles. The summed E-state index contributed by atoms with van der Waals surface area (Å²) in [5.41, 5.74) is -0.535. The molecule has 2 aromatic carbocycles. The fourth-order valence-corrected chi connectivity index (χ4v) is 3.06. The third-order valence-electron chi connectivity index (χ3n) is 3.01. The number of halogens is 5. The summed E-state index contributed by atoms with van der Waals surface area (Å²) in [7, 11) is 0. The lowest BCUT2D eigenvalue weighted by Crippen LogP contribution is -2.18. The van der Waals surface area contributed by atoms with E-state index in [0.717, 1.165) is 12.1 Å². The molecule has 0 spiro atoms. The number of benzene rings is 2. The van der Waals surface area contributed by atoms with E-state index >= 15 is 0 Å². The lowest BCUT2D eigenvalue weighted by atomic mass is 10.1. The lowest BCUT2D eigenvalue weighted by Gasteiger charge is -2.13. The molecule has 0 fully saturated rings. The van der Waals surface area contributed by atoms with Gasteiger partial charge in [0.15, 0.2) is 0 Å². The van der Waals surface area contributed by atoms with Crippen LogP contribution in [0.4, 0.5) is 23.2 Å². The Labute approximate surface area is 145 Å².